The quantitative estimate of drug-likeness (QED) is 0.552. The van der Waals surface area contributed by atoms with Crippen molar-refractivity contribution < 1.29 is 19.1 Å². The molecule has 0 spiro atoms. The molecule has 2 aliphatic rings. The van der Waals surface area contributed by atoms with Gasteiger partial charge in [0.05, 0.1) is 19.4 Å². The zero-order chi connectivity index (χ0) is 17.9. The second-order valence-electron chi connectivity index (χ2n) is 7.77. The van der Waals surface area contributed by atoms with Crippen LogP contribution in [0.5, 0.6) is 0 Å². The molecule has 0 radical (unpaired) electrons. The SMILES string of the molecule is COC(=O)CCN(C(=O)[C@H]1[C@H](C=C(C)C)C1(C)C)C1CCOCC1. The first-order valence-corrected chi connectivity index (χ1v) is 8.89. The van der Waals surface area contributed by atoms with E-state index in [2.05, 4.69) is 33.8 Å². The predicted molar refractivity (Wildman–Crippen MR) is 92.4 cm³/mol. The van der Waals surface area contributed by atoms with E-state index in [9.17, 15) is 9.59 Å². The van der Waals surface area contributed by atoms with E-state index in [1.807, 2.05) is 4.90 Å². The Hall–Kier alpha value is -1.36. The number of carbonyl (C=O) groups is 2. The van der Waals surface area contributed by atoms with Crippen molar-refractivity contribution in [3.8, 4) is 0 Å². The molecular formula is C19H31NO4. The predicted octanol–water partition coefficient (Wildman–Crippen LogP) is 2.80. The van der Waals surface area contributed by atoms with Gasteiger partial charge in [-0.3, -0.25) is 9.59 Å². The molecule has 5 heteroatoms. The van der Waals surface area contributed by atoms with Crippen LogP contribution in [0.1, 0.15) is 47.0 Å². The zero-order valence-electron chi connectivity index (χ0n) is 15.6. The number of allylic oxidation sites excluding steroid dienone is 2. The van der Waals surface area contributed by atoms with Gasteiger partial charge < -0.3 is 14.4 Å². The molecular weight excluding hydrogens is 306 g/mol. The Morgan fingerprint density at radius 3 is 2.42 bits per heavy atom. The molecule has 1 saturated heterocycles. The molecule has 0 aromatic rings. The molecule has 0 bridgehead atoms. The van der Waals surface area contributed by atoms with Crippen molar-refractivity contribution in [1.29, 1.82) is 0 Å². The molecule has 0 aromatic heterocycles. The molecule has 24 heavy (non-hydrogen) atoms. The minimum Gasteiger partial charge on any atom is -0.469 e. The Bertz CT molecular complexity index is 501. The van der Waals surface area contributed by atoms with Gasteiger partial charge in [-0.05, 0) is 38.0 Å². The lowest BCUT2D eigenvalue weighted by molar-refractivity contribution is -0.143. The summed E-state index contributed by atoms with van der Waals surface area (Å²) in [4.78, 5) is 26.7. The van der Waals surface area contributed by atoms with Gasteiger partial charge in [0.1, 0.15) is 0 Å². The van der Waals surface area contributed by atoms with Gasteiger partial charge in [0.25, 0.3) is 0 Å². The Balaban J connectivity index is 2.12. The first kappa shape index (κ1) is 19.0. The van der Waals surface area contributed by atoms with E-state index in [0.29, 0.717) is 19.8 Å². The van der Waals surface area contributed by atoms with Crippen LogP contribution in [0.15, 0.2) is 11.6 Å². The highest BCUT2D eigenvalue weighted by atomic mass is 16.5. The maximum atomic E-state index is 13.2. The van der Waals surface area contributed by atoms with Crippen molar-refractivity contribution in [2.75, 3.05) is 26.9 Å². The van der Waals surface area contributed by atoms with Gasteiger partial charge in [-0.1, -0.05) is 25.5 Å². The third-order valence-electron chi connectivity index (χ3n) is 5.39. The number of hydrogen-bond acceptors (Lipinski definition) is 4. The van der Waals surface area contributed by atoms with Crippen molar-refractivity contribution in [1.82, 2.24) is 4.90 Å². The Morgan fingerprint density at radius 1 is 1.25 bits per heavy atom. The van der Waals surface area contributed by atoms with E-state index in [-0.39, 0.29) is 41.6 Å². The van der Waals surface area contributed by atoms with Crippen molar-refractivity contribution in [3.05, 3.63) is 11.6 Å². The lowest BCUT2D eigenvalue weighted by Crippen LogP contribution is -2.45. The van der Waals surface area contributed by atoms with E-state index in [4.69, 9.17) is 9.47 Å². The lowest BCUT2D eigenvalue weighted by atomic mass is 10.0. The van der Waals surface area contributed by atoms with Gasteiger partial charge in [0.15, 0.2) is 0 Å². The van der Waals surface area contributed by atoms with Gasteiger partial charge in [0, 0.05) is 25.8 Å². The van der Waals surface area contributed by atoms with Gasteiger partial charge >= 0.3 is 5.97 Å². The third kappa shape index (κ3) is 4.18. The van der Waals surface area contributed by atoms with E-state index in [1.54, 1.807) is 0 Å². The van der Waals surface area contributed by atoms with E-state index >= 15 is 0 Å². The van der Waals surface area contributed by atoms with Gasteiger partial charge in [-0.2, -0.15) is 0 Å². The number of nitrogens with zero attached hydrogens (tertiary/aromatic N) is 1. The monoisotopic (exact) mass is 337 g/mol. The molecule has 1 heterocycles. The normalized spacial score (nSPS) is 25.7. The molecule has 2 rings (SSSR count). The number of amides is 1. The van der Waals surface area contributed by atoms with Crippen LogP contribution in [0.4, 0.5) is 0 Å². The molecule has 2 fully saturated rings. The van der Waals surface area contributed by atoms with Crippen molar-refractivity contribution in [2.45, 2.75) is 53.0 Å². The van der Waals surface area contributed by atoms with Gasteiger partial charge in [-0.25, -0.2) is 0 Å². The van der Waals surface area contributed by atoms with Crippen LogP contribution < -0.4 is 0 Å². The molecule has 1 saturated carbocycles. The Labute approximate surface area is 145 Å². The summed E-state index contributed by atoms with van der Waals surface area (Å²) in [6.07, 6.45) is 4.14. The Kier molecular flexibility index (Phi) is 6.07. The molecule has 0 aromatic carbocycles. The molecule has 1 amide bonds. The summed E-state index contributed by atoms with van der Waals surface area (Å²) in [7, 11) is 1.39. The van der Waals surface area contributed by atoms with Crippen molar-refractivity contribution in [2.24, 2.45) is 17.3 Å². The summed E-state index contributed by atoms with van der Waals surface area (Å²) in [5, 5.41) is 0. The maximum absolute atomic E-state index is 13.2. The summed E-state index contributed by atoms with van der Waals surface area (Å²) in [6, 6.07) is 0.166. The zero-order valence-corrected chi connectivity index (χ0v) is 15.6. The summed E-state index contributed by atoms with van der Waals surface area (Å²) < 4.78 is 10.2. The van der Waals surface area contributed by atoms with E-state index in [1.165, 1.54) is 12.7 Å². The van der Waals surface area contributed by atoms with Crippen LogP contribution in [0.25, 0.3) is 0 Å². The third-order valence-corrected chi connectivity index (χ3v) is 5.39. The van der Waals surface area contributed by atoms with E-state index < -0.39 is 0 Å². The fraction of sp³-hybridized carbons (Fsp3) is 0.789. The average Bonchev–Trinajstić information content (AvgIpc) is 3.07. The summed E-state index contributed by atoms with van der Waals surface area (Å²) in [6.45, 7) is 10.2. The van der Waals surface area contributed by atoms with E-state index in [0.717, 1.165) is 12.8 Å². The van der Waals surface area contributed by atoms with Crippen molar-refractivity contribution >= 4 is 11.9 Å². The number of esters is 1. The molecule has 1 aliphatic carbocycles. The summed E-state index contributed by atoms with van der Waals surface area (Å²) in [5.41, 5.74) is 1.24. The average molecular weight is 337 g/mol. The standard InChI is InChI=1S/C19H31NO4/c1-13(2)12-15-17(19(15,3)4)18(22)20(9-6-16(21)23-5)14-7-10-24-11-8-14/h12,14-15,17H,6-11H2,1-5H3/t15-,17+/m0/s1. The fourth-order valence-electron chi connectivity index (χ4n) is 3.78. The summed E-state index contributed by atoms with van der Waals surface area (Å²) >= 11 is 0. The smallest absolute Gasteiger partial charge is 0.307 e. The molecule has 136 valence electrons. The highest BCUT2D eigenvalue weighted by Gasteiger charge is 2.61. The number of hydrogen-bond donors (Lipinski definition) is 0. The van der Waals surface area contributed by atoms with Gasteiger partial charge in [-0.15, -0.1) is 0 Å². The van der Waals surface area contributed by atoms with Crippen LogP contribution in [0.3, 0.4) is 0 Å². The van der Waals surface area contributed by atoms with Crippen LogP contribution in [0.2, 0.25) is 0 Å². The second-order valence-corrected chi connectivity index (χ2v) is 7.77. The molecule has 0 unspecified atom stereocenters. The molecule has 1 aliphatic heterocycles. The van der Waals surface area contributed by atoms with Crippen LogP contribution in [-0.4, -0.2) is 49.7 Å². The molecule has 5 nitrogen and oxygen atoms in total. The maximum Gasteiger partial charge on any atom is 0.307 e. The second kappa shape index (κ2) is 7.68. The lowest BCUT2D eigenvalue weighted by Gasteiger charge is -2.34. The highest BCUT2D eigenvalue weighted by Crippen LogP contribution is 2.60. The van der Waals surface area contributed by atoms with Crippen molar-refractivity contribution in [3.63, 3.8) is 0 Å². The minimum absolute atomic E-state index is 0.00731. The largest absolute Gasteiger partial charge is 0.469 e. The first-order chi connectivity index (χ1) is 11.3. The number of rotatable bonds is 6. The van der Waals surface area contributed by atoms with Gasteiger partial charge in [0.2, 0.25) is 5.91 Å². The molecule has 0 N–H and O–H groups in total. The van der Waals surface area contributed by atoms with Crippen LogP contribution >= 0.6 is 0 Å². The van der Waals surface area contributed by atoms with Crippen LogP contribution in [0, 0.1) is 17.3 Å². The minimum atomic E-state index is -0.268. The topological polar surface area (TPSA) is 55.8 Å². The van der Waals surface area contributed by atoms with Crippen LogP contribution in [-0.2, 0) is 19.1 Å². The fourth-order valence-corrected chi connectivity index (χ4v) is 3.78. The molecule has 2 atom stereocenters. The summed E-state index contributed by atoms with van der Waals surface area (Å²) in [5.74, 6) is 0.206. The Morgan fingerprint density at radius 2 is 1.88 bits per heavy atom. The number of carbonyl (C=O) groups excluding carboxylic acids is 2. The number of methoxy groups -OCH3 is 1. The first-order valence-electron chi connectivity index (χ1n) is 8.89. The number of ether oxygens (including phenoxy) is 2. The highest BCUT2D eigenvalue weighted by molar-refractivity contribution is 5.84.